The van der Waals surface area contributed by atoms with Crippen LogP contribution >= 0.6 is 11.8 Å². The molecule has 0 fully saturated rings. The van der Waals surface area contributed by atoms with E-state index in [0.717, 1.165) is 28.0 Å². The van der Waals surface area contributed by atoms with Crippen LogP contribution in [-0.2, 0) is 12.3 Å². The molecule has 30 heavy (non-hydrogen) atoms. The van der Waals surface area contributed by atoms with Crippen LogP contribution in [0.25, 0.3) is 22.5 Å². The number of allylic oxidation sites excluding steroid dienone is 1. The second kappa shape index (κ2) is 9.46. The third kappa shape index (κ3) is 4.31. The first-order chi connectivity index (χ1) is 14.8. The van der Waals surface area contributed by atoms with Gasteiger partial charge in [0.2, 0.25) is 0 Å². The molecule has 0 aliphatic carbocycles. The molecule has 4 rings (SSSR count). The van der Waals surface area contributed by atoms with Gasteiger partial charge in [-0.05, 0) is 28.8 Å². The molecule has 0 spiro atoms. The summed E-state index contributed by atoms with van der Waals surface area (Å²) in [6.45, 7) is 4.53. The van der Waals surface area contributed by atoms with Gasteiger partial charge in [-0.2, -0.15) is 0 Å². The first-order valence-electron chi connectivity index (χ1n) is 9.75. The largest absolute Gasteiger partial charge is 0.496 e. The summed E-state index contributed by atoms with van der Waals surface area (Å²) in [7, 11) is 1.67. The van der Waals surface area contributed by atoms with Crippen LogP contribution in [0.2, 0.25) is 0 Å². The van der Waals surface area contributed by atoms with Crippen molar-refractivity contribution in [1.29, 1.82) is 0 Å². The lowest BCUT2D eigenvalue weighted by molar-refractivity contribution is 0.416. The minimum Gasteiger partial charge on any atom is -0.496 e. The summed E-state index contributed by atoms with van der Waals surface area (Å²) in [6.07, 6.45) is 1.86. The van der Waals surface area contributed by atoms with Gasteiger partial charge in [-0.1, -0.05) is 84.6 Å². The topological polar surface area (TPSA) is 39.9 Å². The van der Waals surface area contributed by atoms with Gasteiger partial charge in [-0.3, -0.25) is 4.57 Å². The molecule has 0 atom stereocenters. The van der Waals surface area contributed by atoms with Crippen LogP contribution in [0.1, 0.15) is 5.56 Å². The van der Waals surface area contributed by atoms with Crippen molar-refractivity contribution in [3.63, 3.8) is 0 Å². The maximum Gasteiger partial charge on any atom is 0.192 e. The first-order valence-corrected chi connectivity index (χ1v) is 10.7. The van der Waals surface area contributed by atoms with Gasteiger partial charge in [-0.15, -0.1) is 16.8 Å². The van der Waals surface area contributed by atoms with Gasteiger partial charge >= 0.3 is 0 Å². The Labute approximate surface area is 181 Å². The molecule has 0 unspecified atom stereocenters. The van der Waals surface area contributed by atoms with Crippen molar-refractivity contribution in [3.8, 4) is 28.3 Å². The van der Waals surface area contributed by atoms with E-state index < -0.39 is 0 Å². The van der Waals surface area contributed by atoms with Crippen LogP contribution in [-0.4, -0.2) is 21.9 Å². The number of benzene rings is 3. The molecular weight excluding hydrogens is 390 g/mol. The number of nitrogens with zero attached hydrogens (tertiary/aromatic N) is 3. The minimum atomic E-state index is 0.635. The highest BCUT2D eigenvalue weighted by Crippen LogP contribution is 2.32. The molecule has 0 bridgehead atoms. The Morgan fingerprint density at radius 3 is 2.33 bits per heavy atom. The molecule has 0 N–H and O–H groups in total. The maximum absolute atomic E-state index is 5.51. The van der Waals surface area contributed by atoms with Gasteiger partial charge in [0.25, 0.3) is 0 Å². The van der Waals surface area contributed by atoms with Crippen molar-refractivity contribution in [1.82, 2.24) is 14.8 Å². The Bertz CT molecular complexity index is 1120. The van der Waals surface area contributed by atoms with E-state index in [9.17, 15) is 0 Å². The van der Waals surface area contributed by atoms with E-state index in [2.05, 4.69) is 69.9 Å². The Morgan fingerprint density at radius 1 is 0.900 bits per heavy atom. The van der Waals surface area contributed by atoms with Gasteiger partial charge in [0.1, 0.15) is 5.75 Å². The number of ether oxygens (including phenoxy) is 1. The number of rotatable bonds is 8. The lowest BCUT2D eigenvalue weighted by Crippen LogP contribution is -2.01. The van der Waals surface area contributed by atoms with Crippen LogP contribution < -0.4 is 4.74 Å². The van der Waals surface area contributed by atoms with Crippen LogP contribution in [0.15, 0.2) is 96.7 Å². The molecule has 0 radical (unpaired) electrons. The molecule has 0 aliphatic heterocycles. The SMILES string of the molecule is C=CCn1c(SCc2ccc(-c3ccccc3)cc2)nnc1-c1ccccc1OC. The fraction of sp³-hybridized carbons (Fsp3) is 0.120. The minimum absolute atomic E-state index is 0.635. The fourth-order valence-corrected chi connectivity index (χ4v) is 4.19. The third-order valence-electron chi connectivity index (χ3n) is 4.81. The van der Waals surface area contributed by atoms with Gasteiger partial charge in [0.05, 0.1) is 12.7 Å². The molecular formula is C25H23N3OS. The van der Waals surface area contributed by atoms with Crippen molar-refractivity contribution < 1.29 is 4.74 Å². The molecule has 0 aliphatic rings. The normalized spacial score (nSPS) is 10.7. The fourth-order valence-electron chi connectivity index (χ4n) is 3.29. The standard InChI is InChI=1S/C25H23N3OS/c1-3-17-28-24(22-11-7-8-12-23(22)29-2)26-27-25(28)30-18-19-13-15-21(16-14-19)20-9-5-4-6-10-20/h3-16H,1,17-18H2,2H3. The summed E-state index contributed by atoms with van der Waals surface area (Å²) in [5.74, 6) is 2.38. The zero-order valence-corrected chi connectivity index (χ0v) is 17.7. The molecule has 0 saturated carbocycles. The van der Waals surface area contributed by atoms with Crippen molar-refractivity contribution >= 4 is 11.8 Å². The number of methoxy groups -OCH3 is 1. The average molecular weight is 414 g/mol. The van der Waals surface area contributed by atoms with E-state index in [-0.39, 0.29) is 0 Å². The van der Waals surface area contributed by atoms with E-state index >= 15 is 0 Å². The lowest BCUT2D eigenvalue weighted by atomic mass is 10.0. The molecule has 3 aromatic carbocycles. The molecule has 5 heteroatoms. The van der Waals surface area contributed by atoms with E-state index in [1.54, 1.807) is 18.9 Å². The molecule has 1 heterocycles. The monoisotopic (exact) mass is 413 g/mol. The number of hydrogen-bond acceptors (Lipinski definition) is 4. The highest BCUT2D eigenvalue weighted by molar-refractivity contribution is 7.98. The Hall–Kier alpha value is -3.31. The van der Waals surface area contributed by atoms with E-state index in [1.165, 1.54) is 16.7 Å². The van der Waals surface area contributed by atoms with Crippen molar-refractivity contribution in [2.75, 3.05) is 7.11 Å². The van der Waals surface area contributed by atoms with Gasteiger partial charge in [0, 0.05) is 12.3 Å². The van der Waals surface area contributed by atoms with Crippen LogP contribution in [0.4, 0.5) is 0 Å². The molecule has 1 aromatic heterocycles. The zero-order chi connectivity index (χ0) is 20.8. The number of aromatic nitrogens is 3. The third-order valence-corrected chi connectivity index (χ3v) is 5.84. The predicted octanol–water partition coefficient (Wildman–Crippen LogP) is 6.10. The molecule has 150 valence electrons. The number of thioether (sulfide) groups is 1. The van der Waals surface area contributed by atoms with Gasteiger partial charge in [0.15, 0.2) is 11.0 Å². The number of para-hydroxylation sites is 1. The summed E-state index contributed by atoms with van der Waals surface area (Å²) < 4.78 is 7.58. The quantitative estimate of drug-likeness (QED) is 0.258. The Kier molecular flexibility index (Phi) is 6.30. The van der Waals surface area contributed by atoms with E-state index in [0.29, 0.717) is 6.54 Å². The summed E-state index contributed by atoms with van der Waals surface area (Å²) in [5, 5.41) is 9.75. The van der Waals surface area contributed by atoms with Crippen molar-refractivity contribution in [3.05, 3.63) is 97.1 Å². The second-order valence-electron chi connectivity index (χ2n) is 6.76. The Morgan fingerprint density at radius 2 is 1.60 bits per heavy atom. The van der Waals surface area contributed by atoms with Gasteiger partial charge < -0.3 is 4.74 Å². The van der Waals surface area contributed by atoms with E-state index in [4.69, 9.17) is 4.74 Å². The zero-order valence-electron chi connectivity index (χ0n) is 16.9. The van der Waals surface area contributed by atoms with Crippen LogP contribution in [0.5, 0.6) is 5.75 Å². The van der Waals surface area contributed by atoms with E-state index in [1.807, 2.05) is 36.4 Å². The van der Waals surface area contributed by atoms with Crippen molar-refractivity contribution in [2.24, 2.45) is 0 Å². The highest BCUT2D eigenvalue weighted by atomic mass is 32.2. The summed E-state index contributed by atoms with van der Waals surface area (Å²) in [6, 6.07) is 26.9. The van der Waals surface area contributed by atoms with Crippen molar-refractivity contribution in [2.45, 2.75) is 17.5 Å². The second-order valence-corrected chi connectivity index (χ2v) is 7.70. The lowest BCUT2D eigenvalue weighted by Gasteiger charge is -2.10. The number of hydrogen-bond donors (Lipinski definition) is 0. The van der Waals surface area contributed by atoms with Crippen LogP contribution in [0.3, 0.4) is 0 Å². The molecule has 0 saturated heterocycles. The molecule has 4 aromatic rings. The first kappa shape index (κ1) is 20.0. The maximum atomic E-state index is 5.51. The summed E-state index contributed by atoms with van der Waals surface area (Å²) in [4.78, 5) is 0. The van der Waals surface area contributed by atoms with Crippen LogP contribution in [0, 0.1) is 0 Å². The highest BCUT2D eigenvalue weighted by Gasteiger charge is 2.16. The predicted molar refractivity (Wildman–Crippen MR) is 124 cm³/mol. The molecule has 4 nitrogen and oxygen atoms in total. The smallest absolute Gasteiger partial charge is 0.192 e. The Balaban J connectivity index is 1.54. The summed E-state index contributed by atoms with van der Waals surface area (Å²) >= 11 is 1.67. The molecule has 0 amide bonds. The average Bonchev–Trinajstić information content (AvgIpc) is 3.21. The summed E-state index contributed by atoms with van der Waals surface area (Å²) in [5.41, 5.74) is 4.61. The van der Waals surface area contributed by atoms with Gasteiger partial charge in [-0.25, -0.2) is 0 Å².